The van der Waals surface area contributed by atoms with E-state index in [4.69, 9.17) is 13.9 Å². The van der Waals surface area contributed by atoms with Crippen LogP contribution in [0.2, 0.25) is 0 Å². The van der Waals surface area contributed by atoms with Crippen LogP contribution in [0.25, 0.3) is 0 Å². The fourth-order valence-electron chi connectivity index (χ4n) is 1.75. The highest BCUT2D eigenvalue weighted by Gasteiger charge is 2.11. The standard InChI is InChI=1S/C15H15NO5/c1-10-15(12(17)7-8-20-10)21-9-14(18)16-11-5-3-4-6-13(11)19-2/h3-8H,9H2,1-2H3,(H,16,18). The fourth-order valence-corrected chi connectivity index (χ4v) is 1.75. The summed E-state index contributed by atoms with van der Waals surface area (Å²) in [5.74, 6) is 0.503. The van der Waals surface area contributed by atoms with Gasteiger partial charge in [-0.05, 0) is 19.1 Å². The lowest BCUT2D eigenvalue weighted by atomic mass is 10.3. The van der Waals surface area contributed by atoms with Gasteiger partial charge in [0.2, 0.25) is 11.2 Å². The third-order valence-corrected chi connectivity index (χ3v) is 2.74. The number of benzene rings is 1. The van der Waals surface area contributed by atoms with E-state index in [2.05, 4.69) is 5.32 Å². The normalized spacial score (nSPS) is 10.0. The smallest absolute Gasteiger partial charge is 0.262 e. The van der Waals surface area contributed by atoms with Crippen LogP contribution in [-0.2, 0) is 4.79 Å². The molecule has 0 saturated heterocycles. The van der Waals surface area contributed by atoms with E-state index in [9.17, 15) is 9.59 Å². The third kappa shape index (κ3) is 3.62. The van der Waals surface area contributed by atoms with Crippen LogP contribution in [0.1, 0.15) is 5.76 Å². The molecule has 0 aliphatic heterocycles. The summed E-state index contributed by atoms with van der Waals surface area (Å²) in [4.78, 5) is 23.4. The van der Waals surface area contributed by atoms with E-state index in [0.717, 1.165) is 0 Å². The number of anilines is 1. The van der Waals surface area contributed by atoms with Gasteiger partial charge in [0.25, 0.3) is 5.91 Å². The third-order valence-electron chi connectivity index (χ3n) is 2.74. The second-order valence-electron chi connectivity index (χ2n) is 4.21. The van der Waals surface area contributed by atoms with Crippen LogP contribution in [0.3, 0.4) is 0 Å². The Balaban J connectivity index is 2.01. The minimum atomic E-state index is -0.401. The van der Waals surface area contributed by atoms with Crippen molar-refractivity contribution in [1.82, 2.24) is 0 Å². The number of nitrogens with one attached hydrogen (secondary N) is 1. The molecule has 0 atom stereocenters. The summed E-state index contributed by atoms with van der Waals surface area (Å²) in [5.41, 5.74) is 0.203. The van der Waals surface area contributed by atoms with E-state index < -0.39 is 5.91 Å². The molecule has 0 aliphatic carbocycles. The molecule has 1 N–H and O–H groups in total. The van der Waals surface area contributed by atoms with Crippen LogP contribution in [0.5, 0.6) is 11.5 Å². The molecule has 2 rings (SSSR count). The zero-order valence-corrected chi connectivity index (χ0v) is 11.7. The second-order valence-corrected chi connectivity index (χ2v) is 4.21. The summed E-state index contributed by atoms with van der Waals surface area (Å²) in [5, 5.41) is 2.65. The molecular weight excluding hydrogens is 274 g/mol. The highest BCUT2D eigenvalue weighted by Crippen LogP contribution is 2.22. The van der Waals surface area contributed by atoms with Crippen molar-refractivity contribution in [3.05, 3.63) is 52.6 Å². The Morgan fingerprint density at radius 3 is 2.76 bits per heavy atom. The summed E-state index contributed by atoms with van der Waals surface area (Å²) in [6.07, 6.45) is 1.28. The average Bonchev–Trinajstić information content (AvgIpc) is 2.47. The molecule has 0 unspecified atom stereocenters. The lowest BCUT2D eigenvalue weighted by Crippen LogP contribution is -2.22. The number of carbonyl (C=O) groups excluding carboxylic acids is 1. The van der Waals surface area contributed by atoms with Crippen molar-refractivity contribution >= 4 is 11.6 Å². The maximum Gasteiger partial charge on any atom is 0.262 e. The molecule has 1 amide bonds. The van der Waals surface area contributed by atoms with Crippen molar-refractivity contribution < 1.29 is 18.7 Å². The van der Waals surface area contributed by atoms with E-state index in [-0.39, 0.29) is 17.8 Å². The molecule has 6 heteroatoms. The number of hydrogen-bond donors (Lipinski definition) is 1. The zero-order valence-electron chi connectivity index (χ0n) is 11.7. The summed E-state index contributed by atoms with van der Waals surface area (Å²) in [7, 11) is 1.51. The monoisotopic (exact) mass is 289 g/mol. The second kappa shape index (κ2) is 6.60. The van der Waals surface area contributed by atoms with Gasteiger partial charge in [0.1, 0.15) is 11.5 Å². The van der Waals surface area contributed by atoms with Gasteiger partial charge >= 0.3 is 0 Å². The van der Waals surface area contributed by atoms with Crippen LogP contribution >= 0.6 is 0 Å². The van der Waals surface area contributed by atoms with Crippen LogP contribution in [0, 0.1) is 6.92 Å². The van der Waals surface area contributed by atoms with E-state index in [1.807, 2.05) is 0 Å². The van der Waals surface area contributed by atoms with Gasteiger partial charge < -0.3 is 19.2 Å². The number of para-hydroxylation sites is 2. The zero-order chi connectivity index (χ0) is 15.2. The van der Waals surface area contributed by atoms with Crippen molar-refractivity contribution in [2.24, 2.45) is 0 Å². The van der Waals surface area contributed by atoms with Gasteiger partial charge in [0.15, 0.2) is 6.61 Å². The van der Waals surface area contributed by atoms with Crippen molar-refractivity contribution in [3.63, 3.8) is 0 Å². The van der Waals surface area contributed by atoms with Gasteiger partial charge in [0, 0.05) is 6.07 Å². The first-order valence-corrected chi connectivity index (χ1v) is 6.26. The molecule has 2 aromatic rings. The average molecular weight is 289 g/mol. The van der Waals surface area contributed by atoms with Crippen molar-refractivity contribution in [1.29, 1.82) is 0 Å². The molecule has 6 nitrogen and oxygen atoms in total. The van der Waals surface area contributed by atoms with Crippen LogP contribution in [0.15, 0.2) is 45.8 Å². The number of ether oxygens (including phenoxy) is 2. The summed E-state index contributed by atoms with van der Waals surface area (Å²) in [6.45, 7) is 1.29. The Morgan fingerprint density at radius 1 is 1.29 bits per heavy atom. The van der Waals surface area contributed by atoms with Crippen molar-refractivity contribution in [2.45, 2.75) is 6.92 Å². The quantitative estimate of drug-likeness (QED) is 0.910. The van der Waals surface area contributed by atoms with Gasteiger partial charge in [0.05, 0.1) is 19.1 Å². The molecule has 0 bridgehead atoms. The van der Waals surface area contributed by atoms with Gasteiger partial charge in [-0.3, -0.25) is 9.59 Å². The Morgan fingerprint density at radius 2 is 2.05 bits per heavy atom. The molecule has 1 heterocycles. The topological polar surface area (TPSA) is 77.8 Å². The maximum absolute atomic E-state index is 11.9. The number of amides is 1. The van der Waals surface area contributed by atoms with Crippen molar-refractivity contribution in [3.8, 4) is 11.5 Å². The Labute approximate surface area is 121 Å². The molecular formula is C15H15NO5. The maximum atomic E-state index is 11.9. The van der Waals surface area contributed by atoms with Gasteiger partial charge in [-0.15, -0.1) is 0 Å². The van der Waals surface area contributed by atoms with Gasteiger partial charge in [-0.1, -0.05) is 12.1 Å². The van der Waals surface area contributed by atoms with Gasteiger partial charge in [-0.25, -0.2) is 0 Å². The van der Waals surface area contributed by atoms with Crippen LogP contribution in [-0.4, -0.2) is 19.6 Å². The molecule has 1 aromatic heterocycles. The minimum Gasteiger partial charge on any atom is -0.495 e. The highest BCUT2D eigenvalue weighted by atomic mass is 16.5. The van der Waals surface area contributed by atoms with E-state index in [1.165, 1.54) is 19.4 Å². The lowest BCUT2D eigenvalue weighted by Gasteiger charge is -2.10. The SMILES string of the molecule is COc1ccccc1NC(=O)COc1c(C)occc1=O. The van der Waals surface area contributed by atoms with Crippen molar-refractivity contribution in [2.75, 3.05) is 19.0 Å². The highest BCUT2D eigenvalue weighted by molar-refractivity contribution is 5.93. The number of aryl methyl sites for hydroxylation is 1. The largest absolute Gasteiger partial charge is 0.495 e. The number of rotatable bonds is 5. The molecule has 0 radical (unpaired) electrons. The lowest BCUT2D eigenvalue weighted by molar-refractivity contribution is -0.118. The van der Waals surface area contributed by atoms with E-state index in [1.54, 1.807) is 31.2 Å². The first-order valence-electron chi connectivity index (χ1n) is 6.26. The van der Waals surface area contributed by atoms with Crippen LogP contribution < -0.4 is 20.2 Å². The first-order chi connectivity index (χ1) is 10.1. The fraction of sp³-hybridized carbons (Fsp3) is 0.200. The summed E-state index contributed by atoms with van der Waals surface area (Å²) < 4.78 is 15.4. The Kier molecular flexibility index (Phi) is 4.61. The summed E-state index contributed by atoms with van der Waals surface area (Å²) in [6, 6.07) is 8.24. The van der Waals surface area contributed by atoms with Crippen LogP contribution in [0.4, 0.5) is 5.69 Å². The van der Waals surface area contributed by atoms with E-state index in [0.29, 0.717) is 17.2 Å². The predicted octanol–water partition coefficient (Wildman–Crippen LogP) is 1.97. The molecule has 0 aliphatic rings. The Bertz CT molecular complexity index is 692. The molecule has 1 aromatic carbocycles. The molecule has 0 saturated carbocycles. The van der Waals surface area contributed by atoms with E-state index >= 15 is 0 Å². The molecule has 0 fully saturated rings. The minimum absolute atomic E-state index is 0.0349. The number of carbonyl (C=O) groups is 1. The van der Waals surface area contributed by atoms with Gasteiger partial charge in [-0.2, -0.15) is 0 Å². The number of hydrogen-bond acceptors (Lipinski definition) is 5. The predicted molar refractivity (Wildman–Crippen MR) is 76.8 cm³/mol. The Hall–Kier alpha value is -2.76. The number of methoxy groups -OCH3 is 1. The first kappa shape index (κ1) is 14.6. The molecule has 110 valence electrons. The molecule has 21 heavy (non-hydrogen) atoms. The summed E-state index contributed by atoms with van der Waals surface area (Å²) >= 11 is 0. The molecule has 0 spiro atoms.